The molecule has 0 radical (unpaired) electrons. The van der Waals surface area contributed by atoms with Crippen molar-refractivity contribution >= 4 is 5.69 Å². The summed E-state index contributed by atoms with van der Waals surface area (Å²) >= 11 is 0. The minimum atomic E-state index is -1.08. The van der Waals surface area contributed by atoms with E-state index in [0.29, 0.717) is 0 Å². The number of nitriles is 1. The van der Waals surface area contributed by atoms with Gasteiger partial charge in [-0.2, -0.15) is 5.26 Å². The van der Waals surface area contributed by atoms with Gasteiger partial charge in [-0.3, -0.25) is 0 Å². The SMILES string of the molecule is N#Cc1ccc(NCc2cc(F)c(O)c(F)c2)c(F)c1. The van der Waals surface area contributed by atoms with E-state index in [0.717, 1.165) is 18.2 Å². The molecule has 0 aliphatic heterocycles. The maximum atomic E-state index is 13.6. The van der Waals surface area contributed by atoms with Gasteiger partial charge in [0.2, 0.25) is 0 Å². The van der Waals surface area contributed by atoms with Crippen molar-refractivity contribution < 1.29 is 18.3 Å². The first-order valence-electron chi connectivity index (χ1n) is 5.61. The van der Waals surface area contributed by atoms with Crippen LogP contribution in [0.1, 0.15) is 11.1 Å². The predicted molar refractivity (Wildman–Crippen MR) is 66.5 cm³/mol. The Bertz CT molecular complexity index is 672. The molecule has 0 bridgehead atoms. The molecule has 2 N–H and O–H groups in total. The van der Waals surface area contributed by atoms with Crippen LogP contribution < -0.4 is 5.32 Å². The van der Waals surface area contributed by atoms with Gasteiger partial charge in [0.1, 0.15) is 5.82 Å². The summed E-state index contributed by atoms with van der Waals surface area (Å²) in [5.41, 5.74) is 0.495. The second-order valence-electron chi connectivity index (χ2n) is 4.07. The summed E-state index contributed by atoms with van der Waals surface area (Å²) in [6.07, 6.45) is 0. The highest BCUT2D eigenvalue weighted by molar-refractivity contribution is 5.49. The van der Waals surface area contributed by atoms with E-state index in [1.165, 1.54) is 12.1 Å². The molecule has 0 atom stereocenters. The van der Waals surface area contributed by atoms with Crippen molar-refractivity contribution in [3.8, 4) is 11.8 Å². The number of nitrogens with one attached hydrogen (secondary N) is 1. The molecule has 0 saturated heterocycles. The van der Waals surface area contributed by atoms with Gasteiger partial charge in [-0.25, -0.2) is 13.2 Å². The fourth-order valence-electron chi connectivity index (χ4n) is 1.65. The molecular weight excluding hydrogens is 269 g/mol. The highest BCUT2D eigenvalue weighted by Gasteiger charge is 2.10. The van der Waals surface area contributed by atoms with Crippen LogP contribution in [-0.4, -0.2) is 5.11 Å². The largest absolute Gasteiger partial charge is 0.503 e. The molecule has 102 valence electrons. The third kappa shape index (κ3) is 2.83. The number of aromatic hydroxyl groups is 1. The van der Waals surface area contributed by atoms with Gasteiger partial charge in [0, 0.05) is 6.54 Å². The molecule has 3 nitrogen and oxygen atoms in total. The molecule has 20 heavy (non-hydrogen) atoms. The van der Waals surface area contributed by atoms with Gasteiger partial charge in [-0.05, 0) is 35.9 Å². The van der Waals surface area contributed by atoms with Crippen LogP contribution >= 0.6 is 0 Å². The number of halogens is 3. The van der Waals surface area contributed by atoms with Gasteiger partial charge in [-0.15, -0.1) is 0 Å². The third-order valence-corrected chi connectivity index (χ3v) is 2.66. The number of phenolic OH excluding ortho intramolecular Hbond substituents is 1. The molecule has 2 rings (SSSR count). The fourth-order valence-corrected chi connectivity index (χ4v) is 1.65. The number of hydrogen-bond acceptors (Lipinski definition) is 3. The molecule has 0 aliphatic rings. The number of rotatable bonds is 3. The molecule has 0 saturated carbocycles. The molecule has 0 spiro atoms. The Kier molecular flexibility index (Phi) is 3.80. The summed E-state index contributed by atoms with van der Waals surface area (Å²) in [5, 5.41) is 20.2. The summed E-state index contributed by atoms with van der Waals surface area (Å²) in [5.74, 6) is -3.84. The van der Waals surface area contributed by atoms with E-state index in [1.54, 1.807) is 6.07 Å². The van der Waals surface area contributed by atoms with E-state index in [-0.39, 0.29) is 23.4 Å². The van der Waals surface area contributed by atoms with E-state index < -0.39 is 23.2 Å². The molecule has 2 aromatic rings. The predicted octanol–water partition coefficient (Wildman–Crippen LogP) is 3.29. The fraction of sp³-hybridized carbons (Fsp3) is 0.0714. The summed E-state index contributed by atoms with van der Waals surface area (Å²) in [4.78, 5) is 0. The van der Waals surface area contributed by atoms with Gasteiger partial charge in [0.15, 0.2) is 17.4 Å². The first-order chi connectivity index (χ1) is 9.51. The lowest BCUT2D eigenvalue weighted by atomic mass is 10.1. The Morgan fingerprint density at radius 2 is 1.70 bits per heavy atom. The molecular formula is C14H9F3N2O. The van der Waals surface area contributed by atoms with Crippen molar-refractivity contribution in [1.82, 2.24) is 0 Å². The number of hydrogen-bond donors (Lipinski definition) is 2. The van der Waals surface area contributed by atoms with Crippen LogP contribution in [0, 0.1) is 28.8 Å². The highest BCUT2D eigenvalue weighted by atomic mass is 19.1. The Hall–Kier alpha value is -2.68. The van der Waals surface area contributed by atoms with E-state index in [9.17, 15) is 13.2 Å². The van der Waals surface area contributed by atoms with Gasteiger partial charge in [0.05, 0.1) is 17.3 Å². The molecule has 0 aromatic heterocycles. The van der Waals surface area contributed by atoms with Crippen molar-refractivity contribution in [2.24, 2.45) is 0 Å². The van der Waals surface area contributed by atoms with Crippen molar-refractivity contribution in [2.75, 3.05) is 5.32 Å². The second kappa shape index (κ2) is 5.53. The summed E-state index contributed by atoms with van der Waals surface area (Å²) in [7, 11) is 0. The Morgan fingerprint density at radius 1 is 1.05 bits per heavy atom. The van der Waals surface area contributed by atoms with Gasteiger partial charge in [-0.1, -0.05) is 0 Å². The van der Waals surface area contributed by atoms with E-state index in [2.05, 4.69) is 5.32 Å². The van der Waals surface area contributed by atoms with Crippen LogP contribution in [-0.2, 0) is 6.54 Å². The van der Waals surface area contributed by atoms with Crippen LogP contribution in [0.4, 0.5) is 18.9 Å². The Balaban J connectivity index is 2.15. The number of benzene rings is 2. The van der Waals surface area contributed by atoms with Crippen LogP contribution in [0.5, 0.6) is 5.75 Å². The number of phenols is 1. The van der Waals surface area contributed by atoms with Gasteiger partial charge >= 0.3 is 0 Å². The zero-order chi connectivity index (χ0) is 14.7. The Morgan fingerprint density at radius 3 is 2.25 bits per heavy atom. The minimum Gasteiger partial charge on any atom is -0.503 e. The lowest BCUT2D eigenvalue weighted by Crippen LogP contribution is -2.03. The lowest BCUT2D eigenvalue weighted by molar-refractivity contribution is 0.395. The maximum Gasteiger partial charge on any atom is 0.187 e. The van der Waals surface area contributed by atoms with Crippen molar-refractivity contribution in [2.45, 2.75) is 6.54 Å². The smallest absolute Gasteiger partial charge is 0.187 e. The first kappa shape index (κ1) is 13.7. The first-order valence-corrected chi connectivity index (χ1v) is 5.61. The highest BCUT2D eigenvalue weighted by Crippen LogP contribution is 2.22. The van der Waals surface area contributed by atoms with Crippen molar-refractivity contribution in [1.29, 1.82) is 5.26 Å². The maximum absolute atomic E-state index is 13.6. The average Bonchev–Trinajstić information content (AvgIpc) is 2.43. The van der Waals surface area contributed by atoms with E-state index >= 15 is 0 Å². The van der Waals surface area contributed by atoms with E-state index in [1.807, 2.05) is 0 Å². The summed E-state index contributed by atoms with van der Waals surface area (Å²) in [6.45, 7) is -0.0308. The summed E-state index contributed by atoms with van der Waals surface area (Å²) in [6, 6.07) is 7.54. The molecule has 0 unspecified atom stereocenters. The molecule has 6 heteroatoms. The monoisotopic (exact) mass is 278 g/mol. The molecule has 0 heterocycles. The van der Waals surface area contributed by atoms with Crippen LogP contribution in [0.25, 0.3) is 0 Å². The van der Waals surface area contributed by atoms with Gasteiger partial charge in [0.25, 0.3) is 0 Å². The summed E-state index contributed by atoms with van der Waals surface area (Å²) < 4.78 is 39.8. The average molecular weight is 278 g/mol. The zero-order valence-corrected chi connectivity index (χ0v) is 10.1. The van der Waals surface area contributed by atoms with Crippen LogP contribution in [0.2, 0.25) is 0 Å². The lowest BCUT2D eigenvalue weighted by Gasteiger charge is -2.09. The molecule has 0 fully saturated rings. The van der Waals surface area contributed by atoms with Crippen LogP contribution in [0.15, 0.2) is 30.3 Å². The number of anilines is 1. The minimum absolute atomic E-state index is 0.0308. The van der Waals surface area contributed by atoms with Crippen molar-refractivity contribution in [3.05, 3.63) is 58.9 Å². The topological polar surface area (TPSA) is 56.0 Å². The zero-order valence-electron chi connectivity index (χ0n) is 10.1. The van der Waals surface area contributed by atoms with E-state index in [4.69, 9.17) is 10.4 Å². The standard InChI is InChI=1S/C14H9F3N2O/c15-10-3-8(6-18)1-2-13(10)19-7-9-4-11(16)14(20)12(17)5-9/h1-5,19-20H,7H2. The Labute approximate surface area is 112 Å². The molecule has 2 aromatic carbocycles. The number of nitrogens with zero attached hydrogens (tertiary/aromatic N) is 1. The van der Waals surface area contributed by atoms with Crippen molar-refractivity contribution in [3.63, 3.8) is 0 Å². The normalized spacial score (nSPS) is 10.1. The third-order valence-electron chi connectivity index (χ3n) is 2.66. The molecule has 0 aliphatic carbocycles. The van der Waals surface area contributed by atoms with Crippen LogP contribution in [0.3, 0.4) is 0 Å². The quantitative estimate of drug-likeness (QED) is 0.905. The van der Waals surface area contributed by atoms with Gasteiger partial charge < -0.3 is 10.4 Å². The molecule has 0 amide bonds. The second-order valence-corrected chi connectivity index (χ2v) is 4.07.